The van der Waals surface area contributed by atoms with E-state index in [9.17, 15) is 9.81 Å². The molecule has 3 rings (SSSR count). The number of hydrogen-bond acceptors (Lipinski definition) is 6. The third-order valence-electron chi connectivity index (χ3n) is 9.72. The van der Waals surface area contributed by atoms with Crippen molar-refractivity contribution >= 4 is 27.3 Å². The third kappa shape index (κ3) is 6.03. The molecule has 8 heteroatoms. The number of ether oxygens (including phenoxy) is 3. The van der Waals surface area contributed by atoms with Crippen LogP contribution in [0.1, 0.15) is 107 Å². The minimum absolute atomic E-state index is 0.0341. The van der Waals surface area contributed by atoms with Crippen LogP contribution in [0.3, 0.4) is 0 Å². The molecule has 0 amide bonds. The van der Waals surface area contributed by atoms with Crippen LogP contribution in [0.4, 0.5) is 0 Å². The molecule has 1 saturated carbocycles. The Hall–Kier alpha value is -0.660. The number of nitrogens with zero attached hydrogens (tertiary/aromatic N) is 1. The van der Waals surface area contributed by atoms with E-state index in [-0.39, 0.29) is 42.2 Å². The van der Waals surface area contributed by atoms with E-state index in [4.69, 9.17) is 14.2 Å². The average molecular weight is 654 g/mol. The van der Waals surface area contributed by atoms with E-state index in [1.165, 1.54) is 0 Å². The van der Waals surface area contributed by atoms with Gasteiger partial charge < -0.3 is 18.8 Å². The smallest absolute Gasteiger partial charge is 0.287 e. The Morgan fingerprint density at radius 1 is 1.02 bits per heavy atom. The van der Waals surface area contributed by atoms with E-state index in [1.807, 2.05) is 40.7 Å². The van der Waals surface area contributed by atoms with Gasteiger partial charge in [0.05, 0.1) is 11.7 Å². The second-order valence-corrected chi connectivity index (χ2v) is 17.7. The SMILES string of the molecule is CCOC(C#N)(OCC)[C@]1(N[S@@+]([O-])C(C)(C)C)c2cc(Br)ccc2C[C@@]12C[C@@H](C)[C@H](OC(C)(C)C(C)(C)C)[C@@H](C)C2. The zero-order valence-electron chi connectivity index (χ0n) is 27.4. The second-order valence-electron chi connectivity index (χ2n) is 14.8. The zero-order valence-corrected chi connectivity index (χ0v) is 29.8. The molecule has 2 aliphatic rings. The summed E-state index contributed by atoms with van der Waals surface area (Å²) in [5.41, 5.74) is -0.0512. The van der Waals surface area contributed by atoms with Gasteiger partial charge in [-0.05, 0) is 108 Å². The van der Waals surface area contributed by atoms with Crippen LogP contribution in [-0.4, -0.2) is 40.0 Å². The van der Waals surface area contributed by atoms with Gasteiger partial charge >= 0.3 is 0 Å². The lowest BCUT2D eigenvalue weighted by Gasteiger charge is -2.58. The number of fused-ring (bicyclic) bond motifs is 1. The van der Waals surface area contributed by atoms with Crippen molar-refractivity contribution in [1.82, 2.24) is 4.72 Å². The highest BCUT2D eigenvalue weighted by molar-refractivity contribution is 9.10. The van der Waals surface area contributed by atoms with E-state index >= 15 is 0 Å². The van der Waals surface area contributed by atoms with Crippen molar-refractivity contribution in [2.75, 3.05) is 13.2 Å². The number of rotatable bonds is 9. The number of hydrogen-bond donors (Lipinski definition) is 1. The van der Waals surface area contributed by atoms with Gasteiger partial charge in [-0.1, -0.05) is 56.6 Å². The topological polar surface area (TPSA) is 86.6 Å². The van der Waals surface area contributed by atoms with E-state index in [0.29, 0.717) is 0 Å². The van der Waals surface area contributed by atoms with Crippen LogP contribution in [0.5, 0.6) is 0 Å². The quantitative estimate of drug-likeness (QED) is 0.216. The van der Waals surface area contributed by atoms with Crippen molar-refractivity contribution in [1.29, 1.82) is 5.26 Å². The largest absolute Gasteiger partial charge is 0.598 e. The Morgan fingerprint density at radius 2 is 1.56 bits per heavy atom. The van der Waals surface area contributed by atoms with Crippen molar-refractivity contribution in [2.45, 2.75) is 130 Å². The Balaban J connectivity index is 2.32. The van der Waals surface area contributed by atoms with Gasteiger partial charge in [0, 0.05) is 34.5 Å². The molecular formula is C33H53BrN2O4S. The molecule has 1 aromatic rings. The first-order valence-corrected chi connectivity index (χ1v) is 17.1. The Kier molecular flexibility index (Phi) is 10.2. The number of benzene rings is 1. The van der Waals surface area contributed by atoms with Crippen LogP contribution in [-0.2, 0) is 37.5 Å². The van der Waals surface area contributed by atoms with Crippen LogP contribution in [0.2, 0.25) is 0 Å². The van der Waals surface area contributed by atoms with Gasteiger partial charge in [0.2, 0.25) is 0 Å². The van der Waals surface area contributed by atoms with Gasteiger partial charge in [0.15, 0.2) is 5.54 Å². The lowest BCUT2D eigenvalue weighted by atomic mass is 9.54. The van der Waals surface area contributed by atoms with E-state index < -0.39 is 32.8 Å². The third-order valence-corrected chi connectivity index (χ3v) is 11.8. The maximum Gasteiger partial charge on any atom is 0.287 e. The summed E-state index contributed by atoms with van der Waals surface area (Å²) in [5.74, 6) is -1.37. The molecule has 0 aliphatic heterocycles. The van der Waals surface area contributed by atoms with Gasteiger partial charge in [0.1, 0.15) is 10.8 Å². The fourth-order valence-electron chi connectivity index (χ4n) is 7.01. The van der Waals surface area contributed by atoms with Gasteiger partial charge in [-0.15, -0.1) is 4.72 Å². The first kappa shape index (κ1) is 34.8. The van der Waals surface area contributed by atoms with Crippen molar-refractivity contribution in [3.05, 3.63) is 33.8 Å². The maximum atomic E-state index is 14.2. The van der Waals surface area contributed by atoms with Crippen LogP contribution in [0, 0.1) is 34.0 Å². The van der Waals surface area contributed by atoms with E-state index in [0.717, 1.165) is 34.9 Å². The highest BCUT2D eigenvalue weighted by Crippen LogP contribution is 2.65. The van der Waals surface area contributed by atoms with Crippen LogP contribution >= 0.6 is 15.9 Å². The Bertz CT molecular complexity index is 1100. The summed E-state index contributed by atoms with van der Waals surface area (Å²) in [6, 6.07) is 8.75. The lowest BCUT2D eigenvalue weighted by Crippen LogP contribution is -2.72. The second kappa shape index (κ2) is 12.0. The van der Waals surface area contributed by atoms with Crippen molar-refractivity contribution in [3.63, 3.8) is 0 Å². The molecule has 0 saturated heterocycles. The molecule has 6 nitrogen and oxygen atoms in total. The summed E-state index contributed by atoms with van der Waals surface area (Å²) in [5, 5.41) is 11.0. The molecule has 41 heavy (non-hydrogen) atoms. The highest BCUT2D eigenvalue weighted by atomic mass is 79.9. The Morgan fingerprint density at radius 3 is 2.00 bits per heavy atom. The molecule has 1 fully saturated rings. The van der Waals surface area contributed by atoms with Crippen molar-refractivity contribution in [2.24, 2.45) is 22.7 Å². The molecule has 0 heterocycles. The molecule has 0 bridgehead atoms. The molecule has 1 N–H and O–H groups in total. The number of halogens is 1. The van der Waals surface area contributed by atoms with Gasteiger partial charge in [-0.25, -0.2) is 0 Å². The number of nitrogens with one attached hydrogen (secondary N) is 1. The standard InChI is InChI=1S/C33H53BrN2O4S/c1-13-38-32(21-35,39-14-2)33(36-41(37)29(8,9)10)26-17-25(34)16-15-24(26)20-31(33)18-22(3)27(23(4)19-31)40-30(11,12)28(5,6)7/h15-17,22-23,27,36H,13-14,18-20H2,1-12H3/t22-,23+,27+,31+,33-,41-/m0/s1. The normalized spacial score (nSPS) is 29.8. The summed E-state index contributed by atoms with van der Waals surface area (Å²) in [7, 11) is 0. The predicted octanol–water partition coefficient (Wildman–Crippen LogP) is 7.81. The maximum absolute atomic E-state index is 14.2. The molecule has 232 valence electrons. The minimum atomic E-state index is -1.71. The fourth-order valence-corrected chi connectivity index (χ4v) is 8.41. The zero-order chi connectivity index (χ0) is 31.2. The molecule has 1 aromatic carbocycles. The van der Waals surface area contributed by atoms with Gasteiger partial charge in [-0.3, -0.25) is 0 Å². The predicted molar refractivity (Wildman–Crippen MR) is 171 cm³/mol. The molecule has 0 radical (unpaired) electrons. The molecule has 2 aliphatic carbocycles. The first-order valence-electron chi connectivity index (χ1n) is 15.1. The fraction of sp³-hybridized carbons (Fsp3) is 0.788. The monoisotopic (exact) mass is 652 g/mol. The van der Waals surface area contributed by atoms with Crippen LogP contribution in [0.15, 0.2) is 22.7 Å². The van der Waals surface area contributed by atoms with Crippen molar-refractivity contribution < 1.29 is 18.8 Å². The van der Waals surface area contributed by atoms with E-state index in [1.54, 1.807) is 0 Å². The van der Waals surface area contributed by atoms with Gasteiger partial charge in [-0.2, -0.15) is 5.26 Å². The highest BCUT2D eigenvalue weighted by Gasteiger charge is 2.74. The van der Waals surface area contributed by atoms with Gasteiger partial charge in [0.25, 0.3) is 5.79 Å². The van der Waals surface area contributed by atoms with E-state index in [2.05, 4.69) is 87.3 Å². The van der Waals surface area contributed by atoms with Crippen molar-refractivity contribution in [3.8, 4) is 6.07 Å². The summed E-state index contributed by atoms with van der Waals surface area (Å²) in [6.45, 7) is 25.7. The number of nitriles is 1. The summed E-state index contributed by atoms with van der Waals surface area (Å²) in [4.78, 5) is 0. The minimum Gasteiger partial charge on any atom is -0.598 e. The first-order chi connectivity index (χ1) is 18.8. The molecule has 0 unspecified atom stereocenters. The molecule has 0 aromatic heterocycles. The summed E-state index contributed by atoms with van der Waals surface area (Å²) < 4.78 is 37.9. The molecule has 1 spiro atoms. The van der Waals surface area contributed by atoms with Crippen LogP contribution < -0.4 is 4.72 Å². The average Bonchev–Trinajstić information content (AvgIpc) is 3.08. The summed E-state index contributed by atoms with van der Waals surface area (Å²) >= 11 is 2.17. The van der Waals surface area contributed by atoms with Crippen LogP contribution in [0.25, 0.3) is 0 Å². The Labute approximate surface area is 261 Å². The summed E-state index contributed by atoms with van der Waals surface area (Å²) in [6.07, 6.45) is 2.27. The molecular weight excluding hydrogens is 600 g/mol. The lowest BCUT2D eigenvalue weighted by molar-refractivity contribution is -0.275. The molecule has 6 atom stereocenters.